The number of hydrogen-bond acceptors (Lipinski definition) is 4. The average Bonchev–Trinajstić information content (AvgIpc) is 3.31. The van der Waals surface area contributed by atoms with Crippen LogP contribution >= 0.6 is 11.3 Å². The Hall–Kier alpha value is -3.12. The van der Waals surface area contributed by atoms with E-state index in [1.165, 1.54) is 11.3 Å². The van der Waals surface area contributed by atoms with Crippen molar-refractivity contribution < 1.29 is 9.59 Å². The van der Waals surface area contributed by atoms with Gasteiger partial charge in [-0.15, -0.1) is 11.3 Å². The van der Waals surface area contributed by atoms with Crippen LogP contribution in [0.2, 0.25) is 0 Å². The van der Waals surface area contributed by atoms with E-state index in [1.807, 2.05) is 77.8 Å². The van der Waals surface area contributed by atoms with E-state index >= 15 is 0 Å². The highest BCUT2D eigenvalue weighted by atomic mass is 32.1. The summed E-state index contributed by atoms with van der Waals surface area (Å²) < 4.78 is 0. The molecule has 0 saturated carbocycles. The Bertz CT molecular complexity index is 1100. The van der Waals surface area contributed by atoms with Crippen LogP contribution in [-0.4, -0.2) is 30.8 Å². The Balaban J connectivity index is 1.95. The standard InChI is InChI=1S/C28H35N3O2S/c1-20(21-11-8-7-9-12-21)31(26(32)18-28(2,3)4)19-22-17-23(14-15-24(22)30(5)6)29-27(33)25-13-10-16-34-25/h7-17,20H,18-19H2,1-6H3,(H,29,33). The van der Waals surface area contributed by atoms with Crippen LogP contribution in [0.25, 0.3) is 0 Å². The molecular weight excluding hydrogens is 442 g/mol. The molecule has 1 heterocycles. The molecule has 0 bridgehead atoms. The monoisotopic (exact) mass is 477 g/mol. The molecule has 180 valence electrons. The molecule has 34 heavy (non-hydrogen) atoms. The molecule has 0 fully saturated rings. The van der Waals surface area contributed by atoms with Crippen molar-refractivity contribution in [2.75, 3.05) is 24.3 Å². The van der Waals surface area contributed by atoms with Crippen LogP contribution in [0.1, 0.15) is 61.0 Å². The number of amides is 2. The summed E-state index contributed by atoms with van der Waals surface area (Å²) in [4.78, 5) is 30.8. The minimum absolute atomic E-state index is 0.0876. The highest BCUT2D eigenvalue weighted by Gasteiger charge is 2.27. The fourth-order valence-corrected chi connectivity index (χ4v) is 4.54. The van der Waals surface area contributed by atoms with E-state index in [-0.39, 0.29) is 23.3 Å². The van der Waals surface area contributed by atoms with Gasteiger partial charge in [0, 0.05) is 38.4 Å². The Labute approximate surface area is 207 Å². The van der Waals surface area contributed by atoms with Crippen molar-refractivity contribution in [1.82, 2.24) is 4.90 Å². The quantitative estimate of drug-likeness (QED) is 0.398. The first-order valence-corrected chi connectivity index (χ1v) is 12.4. The maximum absolute atomic E-state index is 13.5. The first-order chi connectivity index (χ1) is 16.0. The fraction of sp³-hybridized carbons (Fsp3) is 0.357. The van der Waals surface area contributed by atoms with Crippen molar-refractivity contribution in [3.05, 3.63) is 82.0 Å². The second kappa shape index (κ2) is 10.9. The van der Waals surface area contributed by atoms with Gasteiger partial charge in [-0.2, -0.15) is 0 Å². The third-order valence-corrected chi connectivity index (χ3v) is 6.52. The summed E-state index contributed by atoms with van der Waals surface area (Å²) in [5, 5.41) is 4.89. The summed E-state index contributed by atoms with van der Waals surface area (Å²) in [6.07, 6.45) is 0.455. The number of carbonyl (C=O) groups is 2. The molecule has 5 nitrogen and oxygen atoms in total. The molecular formula is C28H35N3O2S. The van der Waals surface area contributed by atoms with Crippen LogP contribution in [-0.2, 0) is 11.3 Å². The average molecular weight is 478 g/mol. The normalized spacial score (nSPS) is 12.2. The molecule has 1 N–H and O–H groups in total. The predicted molar refractivity (Wildman–Crippen MR) is 143 cm³/mol. The van der Waals surface area contributed by atoms with Gasteiger partial charge >= 0.3 is 0 Å². The lowest BCUT2D eigenvalue weighted by atomic mass is 9.91. The lowest BCUT2D eigenvalue weighted by Gasteiger charge is -2.33. The zero-order valence-corrected chi connectivity index (χ0v) is 21.8. The van der Waals surface area contributed by atoms with E-state index in [1.54, 1.807) is 0 Å². The number of carbonyl (C=O) groups excluding carboxylic acids is 2. The van der Waals surface area contributed by atoms with E-state index in [2.05, 4.69) is 45.1 Å². The molecule has 2 amide bonds. The van der Waals surface area contributed by atoms with E-state index in [0.29, 0.717) is 17.8 Å². The second-order valence-electron chi connectivity index (χ2n) is 10.0. The summed E-state index contributed by atoms with van der Waals surface area (Å²) in [6, 6.07) is 19.6. The minimum Gasteiger partial charge on any atom is -0.377 e. The molecule has 0 saturated heterocycles. The van der Waals surface area contributed by atoms with Gasteiger partial charge in [0.15, 0.2) is 0 Å². The highest BCUT2D eigenvalue weighted by molar-refractivity contribution is 7.12. The van der Waals surface area contributed by atoms with Gasteiger partial charge < -0.3 is 15.1 Å². The Morgan fingerprint density at radius 3 is 2.29 bits per heavy atom. The number of nitrogens with zero attached hydrogens (tertiary/aromatic N) is 2. The van der Waals surface area contributed by atoms with Crippen LogP contribution in [0.5, 0.6) is 0 Å². The van der Waals surface area contributed by atoms with E-state index in [0.717, 1.165) is 22.5 Å². The first kappa shape index (κ1) is 25.5. The highest BCUT2D eigenvalue weighted by Crippen LogP contribution is 2.31. The van der Waals surface area contributed by atoms with E-state index in [9.17, 15) is 9.59 Å². The van der Waals surface area contributed by atoms with Crippen molar-refractivity contribution in [2.45, 2.75) is 46.7 Å². The van der Waals surface area contributed by atoms with Gasteiger partial charge in [-0.1, -0.05) is 57.2 Å². The lowest BCUT2D eigenvalue weighted by molar-refractivity contribution is -0.136. The minimum atomic E-state index is -0.128. The number of rotatable bonds is 8. The van der Waals surface area contributed by atoms with Crippen LogP contribution in [0.15, 0.2) is 66.0 Å². The van der Waals surface area contributed by atoms with Crippen molar-refractivity contribution in [1.29, 1.82) is 0 Å². The molecule has 3 aromatic rings. The summed E-state index contributed by atoms with van der Waals surface area (Å²) in [7, 11) is 3.98. The molecule has 0 radical (unpaired) electrons. The maximum Gasteiger partial charge on any atom is 0.265 e. The predicted octanol–water partition coefficient (Wildman–Crippen LogP) is 6.59. The molecule has 0 aliphatic heterocycles. The number of hydrogen-bond donors (Lipinski definition) is 1. The summed E-state index contributed by atoms with van der Waals surface area (Å²) >= 11 is 1.41. The SMILES string of the molecule is CC(c1ccccc1)N(Cc1cc(NC(=O)c2cccs2)ccc1N(C)C)C(=O)CC(C)(C)C. The lowest BCUT2D eigenvalue weighted by Crippen LogP contribution is -2.35. The number of anilines is 2. The molecule has 0 aliphatic carbocycles. The zero-order chi connectivity index (χ0) is 24.9. The Morgan fingerprint density at radius 1 is 1.00 bits per heavy atom. The van der Waals surface area contributed by atoms with Crippen molar-refractivity contribution in [2.24, 2.45) is 5.41 Å². The zero-order valence-electron chi connectivity index (χ0n) is 21.0. The maximum atomic E-state index is 13.5. The Kier molecular flexibility index (Phi) is 8.15. The van der Waals surface area contributed by atoms with Gasteiger partial charge in [0.05, 0.1) is 10.9 Å². The van der Waals surface area contributed by atoms with Gasteiger partial charge in [-0.25, -0.2) is 0 Å². The van der Waals surface area contributed by atoms with Crippen molar-refractivity contribution in [3.63, 3.8) is 0 Å². The van der Waals surface area contributed by atoms with Crippen LogP contribution in [0.3, 0.4) is 0 Å². The summed E-state index contributed by atoms with van der Waals surface area (Å²) in [5.41, 5.74) is 3.70. The van der Waals surface area contributed by atoms with Crippen LogP contribution in [0, 0.1) is 5.41 Å². The molecule has 1 unspecified atom stereocenters. The van der Waals surface area contributed by atoms with Gasteiger partial charge in [0.1, 0.15) is 0 Å². The number of thiophene rings is 1. The smallest absolute Gasteiger partial charge is 0.265 e. The molecule has 6 heteroatoms. The van der Waals surface area contributed by atoms with Gasteiger partial charge in [-0.3, -0.25) is 9.59 Å². The van der Waals surface area contributed by atoms with E-state index < -0.39 is 0 Å². The second-order valence-corrected chi connectivity index (χ2v) is 11.0. The van der Waals surface area contributed by atoms with E-state index in [4.69, 9.17) is 0 Å². The van der Waals surface area contributed by atoms with Gasteiger partial charge in [0.2, 0.25) is 5.91 Å². The fourth-order valence-electron chi connectivity index (χ4n) is 3.92. The molecule has 3 rings (SSSR count). The van der Waals surface area contributed by atoms with Gasteiger partial charge in [-0.05, 0) is 53.1 Å². The number of benzene rings is 2. The summed E-state index contributed by atoms with van der Waals surface area (Å²) in [6.45, 7) is 8.78. The Morgan fingerprint density at radius 2 is 1.71 bits per heavy atom. The molecule has 0 aliphatic rings. The molecule has 2 aromatic carbocycles. The first-order valence-electron chi connectivity index (χ1n) is 11.5. The summed E-state index contributed by atoms with van der Waals surface area (Å²) in [5.74, 6) is -0.0153. The van der Waals surface area contributed by atoms with Crippen LogP contribution < -0.4 is 10.2 Å². The number of nitrogens with one attached hydrogen (secondary N) is 1. The third kappa shape index (κ3) is 6.70. The largest absolute Gasteiger partial charge is 0.377 e. The van der Waals surface area contributed by atoms with Crippen molar-refractivity contribution >= 4 is 34.5 Å². The topological polar surface area (TPSA) is 52.7 Å². The molecule has 1 atom stereocenters. The van der Waals surface area contributed by atoms with Crippen molar-refractivity contribution in [3.8, 4) is 0 Å². The van der Waals surface area contributed by atoms with Crippen LogP contribution in [0.4, 0.5) is 11.4 Å². The van der Waals surface area contributed by atoms with Gasteiger partial charge in [0.25, 0.3) is 5.91 Å². The molecule has 1 aromatic heterocycles. The molecule has 0 spiro atoms. The third-order valence-electron chi connectivity index (χ3n) is 5.66.